The van der Waals surface area contributed by atoms with Gasteiger partial charge in [0.2, 0.25) is 5.91 Å². The first-order valence-electron chi connectivity index (χ1n) is 10.6. The monoisotopic (exact) mass is 375 g/mol. The van der Waals surface area contributed by atoms with Crippen molar-refractivity contribution in [3.8, 4) is 0 Å². The molecule has 3 heterocycles. The Morgan fingerprint density at radius 3 is 2.93 bits per heavy atom. The molecule has 5 atom stereocenters. The van der Waals surface area contributed by atoms with Crippen molar-refractivity contribution in [3.05, 3.63) is 48.0 Å². The van der Waals surface area contributed by atoms with Gasteiger partial charge in [-0.15, -0.1) is 0 Å². The highest BCUT2D eigenvalue weighted by atomic mass is 16.2. The van der Waals surface area contributed by atoms with E-state index in [-0.39, 0.29) is 11.8 Å². The molecule has 4 heteroatoms. The van der Waals surface area contributed by atoms with Crippen LogP contribution in [0.5, 0.6) is 0 Å². The third kappa shape index (κ3) is 2.69. The van der Waals surface area contributed by atoms with Crippen molar-refractivity contribution in [2.24, 2.45) is 28.7 Å². The number of aliphatic imine (C=N–C) groups is 1. The molecule has 2 fully saturated rings. The Balaban J connectivity index is 1.42. The second kappa shape index (κ2) is 6.70. The minimum absolute atomic E-state index is 0.110. The van der Waals surface area contributed by atoms with E-state index in [1.165, 1.54) is 10.8 Å². The van der Waals surface area contributed by atoms with Gasteiger partial charge in [-0.1, -0.05) is 56.3 Å². The molecule has 1 aliphatic carbocycles. The molecule has 3 aliphatic heterocycles. The molecule has 1 saturated carbocycles. The summed E-state index contributed by atoms with van der Waals surface area (Å²) in [4.78, 5) is 18.4. The number of benzene rings is 2. The Kier molecular flexibility index (Phi) is 4.27. The van der Waals surface area contributed by atoms with E-state index in [2.05, 4.69) is 73.2 Å². The van der Waals surface area contributed by atoms with Crippen LogP contribution in [0.15, 0.2) is 47.5 Å². The van der Waals surface area contributed by atoms with Crippen molar-refractivity contribution in [1.82, 2.24) is 10.6 Å². The fourth-order valence-electron chi connectivity index (χ4n) is 5.85. The quantitative estimate of drug-likeness (QED) is 0.840. The van der Waals surface area contributed by atoms with Crippen LogP contribution in [-0.2, 0) is 11.3 Å². The lowest BCUT2D eigenvalue weighted by Crippen LogP contribution is -2.63. The lowest BCUT2D eigenvalue weighted by atomic mass is 9.59. The highest BCUT2D eigenvalue weighted by Crippen LogP contribution is 2.51. The molecular formula is C24H29N3O. The maximum Gasteiger partial charge on any atom is 0.248 e. The van der Waals surface area contributed by atoms with Gasteiger partial charge in [-0.05, 0) is 47.6 Å². The number of hydrogen-bond acceptors (Lipinski definition) is 3. The Morgan fingerprint density at radius 1 is 1.25 bits per heavy atom. The molecule has 4 aliphatic rings. The van der Waals surface area contributed by atoms with Crippen molar-refractivity contribution in [2.45, 2.75) is 44.8 Å². The maximum absolute atomic E-state index is 13.5. The molecule has 1 amide bonds. The van der Waals surface area contributed by atoms with Crippen LogP contribution in [0.2, 0.25) is 0 Å². The molecule has 0 spiro atoms. The summed E-state index contributed by atoms with van der Waals surface area (Å²) in [5.41, 5.74) is 0.570. The van der Waals surface area contributed by atoms with Crippen molar-refractivity contribution in [2.75, 3.05) is 6.54 Å². The number of rotatable bonds is 5. The molecular weight excluding hydrogens is 346 g/mol. The minimum atomic E-state index is -0.595. The zero-order chi connectivity index (χ0) is 19.3. The van der Waals surface area contributed by atoms with Gasteiger partial charge < -0.3 is 10.6 Å². The molecule has 4 bridgehead atoms. The summed E-state index contributed by atoms with van der Waals surface area (Å²) < 4.78 is 0. The van der Waals surface area contributed by atoms with E-state index in [4.69, 9.17) is 4.99 Å². The second-order valence-electron chi connectivity index (χ2n) is 9.24. The van der Waals surface area contributed by atoms with Gasteiger partial charge in [0.05, 0.1) is 0 Å². The largest absolute Gasteiger partial charge is 0.350 e. The highest BCUT2D eigenvalue weighted by molar-refractivity contribution is 5.92. The molecule has 1 saturated heterocycles. The fourth-order valence-corrected chi connectivity index (χ4v) is 5.85. The maximum atomic E-state index is 13.5. The third-order valence-electron chi connectivity index (χ3n) is 7.11. The van der Waals surface area contributed by atoms with Gasteiger partial charge in [0, 0.05) is 30.6 Å². The van der Waals surface area contributed by atoms with Crippen LogP contribution >= 0.6 is 0 Å². The van der Waals surface area contributed by atoms with Crippen LogP contribution in [0.3, 0.4) is 0 Å². The molecule has 146 valence electrons. The number of nitrogens with one attached hydrogen (secondary N) is 2. The van der Waals surface area contributed by atoms with E-state index in [9.17, 15) is 4.79 Å². The van der Waals surface area contributed by atoms with Crippen LogP contribution in [0.1, 0.15) is 32.3 Å². The van der Waals surface area contributed by atoms with E-state index >= 15 is 0 Å². The topological polar surface area (TPSA) is 53.5 Å². The third-order valence-corrected chi connectivity index (χ3v) is 7.11. The van der Waals surface area contributed by atoms with Crippen LogP contribution in [0, 0.1) is 23.7 Å². The van der Waals surface area contributed by atoms with Crippen LogP contribution in [0.25, 0.3) is 10.8 Å². The fraction of sp³-hybridized carbons (Fsp3) is 0.500. The SMILES string of the molecule is CC(C)CC1C2NCC3CC1(C(=O)NCc1cccc4ccccc14)N=CC32. The van der Waals surface area contributed by atoms with Gasteiger partial charge in [0.1, 0.15) is 5.54 Å². The molecule has 6 rings (SSSR count). The second-order valence-corrected chi connectivity index (χ2v) is 9.24. The van der Waals surface area contributed by atoms with Gasteiger partial charge >= 0.3 is 0 Å². The van der Waals surface area contributed by atoms with E-state index in [1.807, 2.05) is 0 Å². The predicted octanol–water partition coefficient (Wildman–Crippen LogP) is 3.55. The summed E-state index contributed by atoms with van der Waals surface area (Å²) in [6.07, 6.45) is 4.02. The smallest absolute Gasteiger partial charge is 0.248 e. The zero-order valence-corrected chi connectivity index (χ0v) is 16.7. The Labute approximate surface area is 166 Å². The van der Waals surface area contributed by atoms with E-state index < -0.39 is 5.54 Å². The Hall–Kier alpha value is -2.20. The highest BCUT2D eigenvalue weighted by Gasteiger charge is 2.61. The van der Waals surface area contributed by atoms with Gasteiger partial charge in [-0.3, -0.25) is 9.79 Å². The summed E-state index contributed by atoms with van der Waals surface area (Å²) in [6.45, 7) is 6.08. The normalized spacial score (nSPS) is 33.0. The van der Waals surface area contributed by atoms with Crippen molar-refractivity contribution >= 4 is 22.9 Å². The molecule has 4 nitrogen and oxygen atoms in total. The first kappa shape index (κ1) is 17.9. The summed E-state index contributed by atoms with van der Waals surface area (Å²) in [5, 5.41) is 9.40. The predicted molar refractivity (Wildman–Crippen MR) is 113 cm³/mol. The number of carbonyl (C=O) groups is 1. The molecule has 0 aromatic heterocycles. The van der Waals surface area contributed by atoms with Gasteiger partial charge in [0.15, 0.2) is 0 Å². The number of fused-ring (bicyclic) bond motifs is 1. The lowest BCUT2D eigenvalue weighted by Gasteiger charge is -2.50. The van der Waals surface area contributed by atoms with Crippen LogP contribution in [0.4, 0.5) is 0 Å². The molecule has 0 radical (unpaired) electrons. The van der Waals surface area contributed by atoms with Crippen molar-refractivity contribution in [3.63, 3.8) is 0 Å². The van der Waals surface area contributed by atoms with Crippen molar-refractivity contribution in [1.29, 1.82) is 0 Å². The molecule has 5 unspecified atom stereocenters. The standard InChI is InChI=1S/C24H29N3O/c1-15(2)10-21-22-20-14-27-24(21,11-18(20)13-25-22)23(28)26-12-17-8-5-7-16-6-3-4-9-19(16)17/h3-9,14-15,18,20-22,25H,10-13H2,1-2H3,(H,26,28). The summed E-state index contributed by atoms with van der Waals surface area (Å²) >= 11 is 0. The molecule has 2 N–H and O–H groups in total. The molecule has 2 aromatic rings. The summed E-state index contributed by atoms with van der Waals surface area (Å²) in [5.74, 6) is 2.02. The Bertz CT molecular complexity index is 931. The van der Waals surface area contributed by atoms with Crippen molar-refractivity contribution < 1.29 is 4.79 Å². The van der Waals surface area contributed by atoms with E-state index in [1.54, 1.807) is 0 Å². The minimum Gasteiger partial charge on any atom is -0.350 e. The number of hydrogen-bond donors (Lipinski definition) is 2. The zero-order valence-electron chi connectivity index (χ0n) is 16.7. The summed E-state index contributed by atoms with van der Waals surface area (Å²) in [7, 11) is 0. The number of nitrogens with zero attached hydrogens (tertiary/aromatic N) is 1. The average Bonchev–Trinajstić information content (AvgIpc) is 3.07. The van der Waals surface area contributed by atoms with Crippen LogP contribution < -0.4 is 10.6 Å². The van der Waals surface area contributed by atoms with E-state index in [0.29, 0.717) is 30.3 Å². The molecule has 2 aromatic carbocycles. The number of amides is 1. The van der Waals surface area contributed by atoms with Gasteiger partial charge in [-0.2, -0.15) is 0 Å². The van der Waals surface area contributed by atoms with Gasteiger partial charge in [-0.25, -0.2) is 0 Å². The molecule has 28 heavy (non-hydrogen) atoms. The summed E-state index contributed by atoms with van der Waals surface area (Å²) in [6, 6.07) is 15.1. The Morgan fingerprint density at radius 2 is 2.07 bits per heavy atom. The first-order chi connectivity index (χ1) is 13.6. The first-order valence-corrected chi connectivity index (χ1v) is 10.6. The van der Waals surface area contributed by atoms with Crippen LogP contribution in [-0.4, -0.2) is 30.2 Å². The van der Waals surface area contributed by atoms with E-state index in [0.717, 1.165) is 24.9 Å². The van der Waals surface area contributed by atoms with Gasteiger partial charge in [0.25, 0.3) is 0 Å². The average molecular weight is 376 g/mol. The lowest BCUT2D eigenvalue weighted by molar-refractivity contribution is -0.131. The number of carbonyl (C=O) groups excluding carboxylic acids is 1.